The van der Waals surface area contributed by atoms with E-state index in [0.717, 1.165) is 17.2 Å². The summed E-state index contributed by atoms with van der Waals surface area (Å²) in [6, 6.07) is 11.5. The number of pyridine rings is 1. The maximum absolute atomic E-state index is 12.3. The number of aromatic carboxylic acids is 1. The standard InChI is InChI=1S/C18H12N4O4/c23-17(13-5-3-10(9-19-13)18(24)25)20-11-4-6-12-14(8-11)22-16(21-12)15-2-1-7-26-15/h1-9H,(H,20,23)(H,21,22)(H,24,25). The fourth-order valence-corrected chi connectivity index (χ4v) is 2.47. The number of carbonyl (C=O) groups is 2. The Morgan fingerprint density at radius 1 is 1.15 bits per heavy atom. The number of H-pyrrole nitrogens is 1. The van der Waals surface area contributed by atoms with Crippen molar-refractivity contribution >= 4 is 28.6 Å². The Morgan fingerprint density at radius 2 is 2.04 bits per heavy atom. The van der Waals surface area contributed by atoms with E-state index < -0.39 is 11.9 Å². The quantitative estimate of drug-likeness (QED) is 0.521. The van der Waals surface area contributed by atoms with Crippen molar-refractivity contribution in [2.24, 2.45) is 0 Å². The average Bonchev–Trinajstić information content (AvgIpc) is 3.30. The third-order valence-electron chi connectivity index (χ3n) is 3.74. The van der Waals surface area contributed by atoms with Gasteiger partial charge in [0.15, 0.2) is 11.6 Å². The van der Waals surface area contributed by atoms with Gasteiger partial charge in [-0.1, -0.05) is 0 Å². The third-order valence-corrected chi connectivity index (χ3v) is 3.74. The molecule has 4 rings (SSSR count). The summed E-state index contributed by atoms with van der Waals surface area (Å²) in [5, 5.41) is 11.6. The van der Waals surface area contributed by atoms with Crippen LogP contribution < -0.4 is 5.32 Å². The largest absolute Gasteiger partial charge is 0.478 e. The molecule has 3 aromatic heterocycles. The number of carbonyl (C=O) groups excluding carboxylic acids is 1. The lowest BCUT2D eigenvalue weighted by Gasteiger charge is -2.04. The molecule has 0 saturated carbocycles. The van der Waals surface area contributed by atoms with E-state index in [-0.39, 0.29) is 11.3 Å². The molecule has 3 heterocycles. The predicted octanol–water partition coefficient (Wildman–Crippen LogP) is 3.17. The average molecular weight is 348 g/mol. The van der Waals surface area contributed by atoms with Crippen LogP contribution in [0.4, 0.5) is 5.69 Å². The molecule has 0 aliphatic rings. The zero-order valence-electron chi connectivity index (χ0n) is 13.3. The summed E-state index contributed by atoms with van der Waals surface area (Å²) in [5.74, 6) is -0.317. The number of nitrogens with one attached hydrogen (secondary N) is 2. The highest BCUT2D eigenvalue weighted by molar-refractivity contribution is 6.04. The fourth-order valence-electron chi connectivity index (χ4n) is 2.47. The lowest BCUT2D eigenvalue weighted by molar-refractivity contribution is 0.0695. The van der Waals surface area contributed by atoms with Gasteiger partial charge in [-0.3, -0.25) is 9.78 Å². The van der Waals surface area contributed by atoms with Crippen molar-refractivity contribution in [2.75, 3.05) is 5.32 Å². The van der Waals surface area contributed by atoms with Crippen LogP contribution in [-0.2, 0) is 0 Å². The van der Waals surface area contributed by atoms with Crippen molar-refractivity contribution in [1.82, 2.24) is 15.0 Å². The van der Waals surface area contributed by atoms with Crippen LogP contribution in [0.5, 0.6) is 0 Å². The van der Waals surface area contributed by atoms with Crippen molar-refractivity contribution in [3.8, 4) is 11.6 Å². The van der Waals surface area contributed by atoms with E-state index in [1.54, 1.807) is 36.6 Å². The summed E-state index contributed by atoms with van der Waals surface area (Å²) in [5.41, 5.74) is 2.17. The van der Waals surface area contributed by atoms with Crippen LogP contribution in [0.25, 0.3) is 22.6 Å². The maximum Gasteiger partial charge on any atom is 0.337 e. The van der Waals surface area contributed by atoms with Gasteiger partial charge in [0.2, 0.25) is 0 Å². The van der Waals surface area contributed by atoms with Crippen LogP contribution in [0, 0.1) is 0 Å². The van der Waals surface area contributed by atoms with Crippen LogP contribution in [0.15, 0.2) is 59.3 Å². The van der Waals surface area contributed by atoms with Gasteiger partial charge in [-0.15, -0.1) is 0 Å². The Morgan fingerprint density at radius 3 is 2.73 bits per heavy atom. The number of hydrogen-bond donors (Lipinski definition) is 3. The molecule has 1 amide bonds. The van der Waals surface area contributed by atoms with Gasteiger partial charge in [0.1, 0.15) is 5.69 Å². The molecule has 0 atom stereocenters. The van der Waals surface area contributed by atoms with Gasteiger partial charge in [0, 0.05) is 11.9 Å². The lowest BCUT2D eigenvalue weighted by atomic mass is 10.2. The minimum atomic E-state index is -1.10. The number of carboxylic acid groups (broad SMARTS) is 1. The molecule has 0 radical (unpaired) electrons. The number of imidazole rings is 1. The molecule has 3 N–H and O–H groups in total. The highest BCUT2D eigenvalue weighted by atomic mass is 16.4. The summed E-state index contributed by atoms with van der Waals surface area (Å²) >= 11 is 0. The molecule has 4 aromatic rings. The fraction of sp³-hybridized carbons (Fsp3) is 0. The monoisotopic (exact) mass is 348 g/mol. The van der Waals surface area contributed by atoms with E-state index in [2.05, 4.69) is 20.3 Å². The maximum atomic E-state index is 12.3. The Bertz CT molecular complexity index is 1100. The molecule has 8 heteroatoms. The number of anilines is 1. The topological polar surface area (TPSA) is 121 Å². The number of aromatic amines is 1. The zero-order valence-corrected chi connectivity index (χ0v) is 13.3. The second-order valence-corrected chi connectivity index (χ2v) is 5.49. The van der Waals surface area contributed by atoms with Gasteiger partial charge < -0.3 is 19.8 Å². The first-order valence-electron chi connectivity index (χ1n) is 7.64. The second kappa shape index (κ2) is 6.17. The number of hydrogen-bond acceptors (Lipinski definition) is 5. The molecule has 8 nitrogen and oxygen atoms in total. The molecule has 0 aliphatic heterocycles. The van der Waals surface area contributed by atoms with Crippen LogP contribution in [-0.4, -0.2) is 31.9 Å². The third kappa shape index (κ3) is 2.91. The van der Waals surface area contributed by atoms with E-state index in [9.17, 15) is 9.59 Å². The van der Waals surface area contributed by atoms with Crippen molar-refractivity contribution < 1.29 is 19.1 Å². The molecule has 26 heavy (non-hydrogen) atoms. The minimum absolute atomic E-state index is 0.0193. The number of amides is 1. The zero-order chi connectivity index (χ0) is 18.1. The molecular formula is C18H12N4O4. The first-order valence-corrected chi connectivity index (χ1v) is 7.64. The van der Waals surface area contributed by atoms with E-state index >= 15 is 0 Å². The summed E-state index contributed by atoms with van der Waals surface area (Å²) in [6.07, 6.45) is 2.71. The van der Waals surface area contributed by atoms with Crippen LogP contribution in [0.2, 0.25) is 0 Å². The number of carboxylic acids is 1. The molecule has 0 aliphatic carbocycles. The molecule has 0 unspecified atom stereocenters. The van der Waals surface area contributed by atoms with Gasteiger partial charge >= 0.3 is 5.97 Å². The lowest BCUT2D eigenvalue weighted by Crippen LogP contribution is -2.14. The Hall–Kier alpha value is -3.94. The molecule has 128 valence electrons. The number of aromatic nitrogens is 3. The SMILES string of the molecule is O=C(O)c1ccc(C(=O)Nc2ccc3nc(-c4ccco4)[nH]c3c2)nc1. The van der Waals surface area contributed by atoms with Gasteiger partial charge in [-0.25, -0.2) is 9.78 Å². The van der Waals surface area contributed by atoms with Crippen LogP contribution >= 0.6 is 0 Å². The molecule has 0 spiro atoms. The highest BCUT2D eigenvalue weighted by Gasteiger charge is 2.12. The van der Waals surface area contributed by atoms with Crippen molar-refractivity contribution in [2.45, 2.75) is 0 Å². The van der Waals surface area contributed by atoms with Crippen molar-refractivity contribution in [1.29, 1.82) is 0 Å². The summed E-state index contributed by atoms with van der Waals surface area (Å²) in [4.78, 5) is 34.5. The number of benzene rings is 1. The second-order valence-electron chi connectivity index (χ2n) is 5.49. The van der Waals surface area contributed by atoms with Crippen molar-refractivity contribution in [3.05, 3.63) is 66.2 Å². The van der Waals surface area contributed by atoms with Gasteiger partial charge in [0.25, 0.3) is 5.91 Å². The number of furan rings is 1. The van der Waals surface area contributed by atoms with E-state index in [1.165, 1.54) is 12.1 Å². The normalized spacial score (nSPS) is 10.8. The van der Waals surface area contributed by atoms with Crippen molar-refractivity contribution in [3.63, 3.8) is 0 Å². The summed E-state index contributed by atoms with van der Waals surface area (Å²) in [7, 11) is 0. The molecule has 1 aromatic carbocycles. The Labute approximate surface area is 146 Å². The highest BCUT2D eigenvalue weighted by Crippen LogP contribution is 2.23. The van der Waals surface area contributed by atoms with Crippen LogP contribution in [0.1, 0.15) is 20.8 Å². The number of fused-ring (bicyclic) bond motifs is 1. The molecule has 0 fully saturated rings. The van der Waals surface area contributed by atoms with E-state index in [0.29, 0.717) is 17.3 Å². The Kier molecular flexibility index (Phi) is 3.70. The Balaban J connectivity index is 1.56. The molecular weight excluding hydrogens is 336 g/mol. The van der Waals surface area contributed by atoms with E-state index in [4.69, 9.17) is 9.52 Å². The summed E-state index contributed by atoms with van der Waals surface area (Å²) in [6.45, 7) is 0. The van der Waals surface area contributed by atoms with Crippen LogP contribution in [0.3, 0.4) is 0 Å². The number of rotatable bonds is 4. The molecule has 0 bridgehead atoms. The van der Waals surface area contributed by atoms with E-state index in [1.807, 2.05) is 0 Å². The van der Waals surface area contributed by atoms with Gasteiger partial charge in [0.05, 0.1) is 22.9 Å². The molecule has 0 saturated heterocycles. The van der Waals surface area contributed by atoms with Gasteiger partial charge in [-0.05, 0) is 42.5 Å². The number of nitrogens with zero attached hydrogens (tertiary/aromatic N) is 2. The first kappa shape index (κ1) is 15.6. The summed E-state index contributed by atoms with van der Waals surface area (Å²) < 4.78 is 5.31. The minimum Gasteiger partial charge on any atom is -0.478 e. The van der Waals surface area contributed by atoms with Gasteiger partial charge in [-0.2, -0.15) is 0 Å². The smallest absolute Gasteiger partial charge is 0.337 e. The first-order chi connectivity index (χ1) is 12.6. The predicted molar refractivity (Wildman–Crippen MR) is 92.9 cm³/mol.